The minimum absolute atomic E-state index is 0.370. The second kappa shape index (κ2) is 20.7. The van der Waals surface area contributed by atoms with Crippen molar-refractivity contribution >= 4 is 12.3 Å². The van der Waals surface area contributed by atoms with E-state index in [1.165, 1.54) is 51.4 Å². The van der Waals surface area contributed by atoms with Gasteiger partial charge in [-0.05, 0) is 50.4 Å². The molecule has 0 bridgehead atoms. The van der Waals surface area contributed by atoms with Gasteiger partial charge in [-0.3, -0.25) is 0 Å². The fraction of sp³-hybridized carbons (Fsp3) is 0.931. The molecule has 0 aromatic rings. The summed E-state index contributed by atoms with van der Waals surface area (Å²) in [5, 5.41) is 0. The van der Waals surface area contributed by atoms with Crippen LogP contribution in [-0.2, 0) is 18.9 Å². The Morgan fingerprint density at radius 1 is 0.571 bits per heavy atom. The molecule has 0 aliphatic heterocycles. The molecule has 1 aliphatic carbocycles. The van der Waals surface area contributed by atoms with Gasteiger partial charge in [-0.2, -0.15) is 0 Å². The molecular formula is C29H54O6. The topological polar surface area (TPSA) is 71.1 Å². The van der Waals surface area contributed by atoms with Gasteiger partial charge in [-0.1, -0.05) is 98.3 Å². The molecule has 1 rings (SSSR count). The first-order valence-corrected chi connectivity index (χ1v) is 14.5. The third-order valence-electron chi connectivity index (χ3n) is 6.68. The molecule has 0 radical (unpaired) electrons. The first kappa shape index (κ1) is 31.6. The lowest BCUT2D eigenvalue weighted by Gasteiger charge is -2.29. The molecule has 0 heterocycles. The fourth-order valence-corrected chi connectivity index (χ4v) is 4.51. The first-order chi connectivity index (χ1) is 16.9. The summed E-state index contributed by atoms with van der Waals surface area (Å²) in [5.41, 5.74) is 0. The van der Waals surface area contributed by atoms with Crippen LogP contribution >= 0.6 is 0 Å². The maximum absolute atomic E-state index is 12.1. The molecular weight excluding hydrogens is 444 g/mol. The van der Waals surface area contributed by atoms with Gasteiger partial charge < -0.3 is 18.9 Å². The number of rotatable bonds is 19. The smallest absolute Gasteiger partial charge is 0.434 e. The summed E-state index contributed by atoms with van der Waals surface area (Å²) in [6.07, 6.45) is 16.3. The number of hydrogen-bond acceptors (Lipinski definition) is 6. The van der Waals surface area contributed by atoms with Crippen LogP contribution in [0, 0.1) is 11.8 Å². The van der Waals surface area contributed by atoms with Gasteiger partial charge >= 0.3 is 12.3 Å². The van der Waals surface area contributed by atoms with Crippen molar-refractivity contribution in [3.8, 4) is 0 Å². The van der Waals surface area contributed by atoms with Crippen molar-refractivity contribution in [1.82, 2.24) is 0 Å². The Morgan fingerprint density at radius 3 is 1.31 bits per heavy atom. The van der Waals surface area contributed by atoms with Crippen LogP contribution < -0.4 is 0 Å². The largest absolute Gasteiger partial charge is 0.508 e. The lowest BCUT2D eigenvalue weighted by atomic mass is 9.95. The van der Waals surface area contributed by atoms with Crippen molar-refractivity contribution < 1.29 is 28.5 Å². The zero-order chi connectivity index (χ0) is 25.7. The van der Waals surface area contributed by atoms with E-state index in [0.717, 1.165) is 50.9 Å². The maximum atomic E-state index is 12.1. The summed E-state index contributed by atoms with van der Waals surface area (Å²) in [7, 11) is 0. The second-order valence-electron chi connectivity index (χ2n) is 11.0. The zero-order valence-corrected chi connectivity index (χ0v) is 23.2. The van der Waals surface area contributed by atoms with Crippen molar-refractivity contribution in [2.24, 2.45) is 11.8 Å². The van der Waals surface area contributed by atoms with Crippen LogP contribution in [0.5, 0.6) is 0 Å². The van der Waals surface area contributed by atoms with E-state index >= 15 is 0 Å². The van der Waals surface area contributed by atoms with Gasteiger partial charge in [0.1, 0.15) is 12.2 Å². The quantitative estimate of drug-likeness (QED) is 0.131. The number of carbonyl (C=O) groups excluding carboxylic acids is 2. The average molecular weight is 499 g/mol. The summed E-state index contributed by atoms with van der Waals surface area (Å²) in [6.45, 7) is 9.75. The van der Waals surface area contributed by atoms with Crippen molar-refractivity contribution in [2.75, 3.05) is 13.2 Å². The van der Waals surface area contributed by atoms with Crippen molar-refractivity contribution in [1.29, 1.82) is 0 Å². The third kappa shape index (κ3) is 18.5. The molecule has 0 N–H and O–H groups in total. The van der Waals surface area contributed by atoms with Crippen LogP contribution in [-0.4, -0.2) is 37.7 Å². The molecule has 1 saturated carbocycles. The number of unbranched alkanes of at least 4 members (excludes halogenated alkanes) is 9. The molecule has 0 aromatic carbocycles. The van der Waals surface area contributed by atoms with Crippen LogP contribution in [0.25, 0.3) is 0 Å². The van der Waals surface area contributed by atoms with Gasteiger partial charge in [0.25, 0.3) is 0 Å². The van der Waals surface area contributed by atoms with E-state index in [1.807, 2.05) is 0 Å². The molecule has 6 heteroatoms. The Morgan fingerprint density at radius 2 is 0.914 bits per heavy atom. The first-order valence-electron chi connectivity index (χ1n) is 14.5. The fourth-order valence-electron chi connectivity index (χ4n) is 4.51. The minimum atomic E-state index is -0.664. The molecule has 6 nitrogen and oxygen atoms in total. The molecule has 35 heavy (non-hydrogen) atoms. The van der Waals surface area contributed by atoms with E-state index in [4.69, 9.17) is 18.9 Å². The minimum Gasteiger partial charge on any atom is -0.434 e. The summed E-state index contributed by atoms with van der Waals surface area (Å²) < 4.78 is 21.4. The van der Waals surface area contributed by atoms with E-state index in [9.17, 15) is 9.59 Å². The van der Waals surface area contributed by atoms with Gasteiger partial charge in [-0.15, -0.1) is 0 Å². The Labute approximate surface area is 215 Å². The molecule has 1 aliphatic rings. The lowest BCUT2D eigenvalue weighted by Crippen LogP contribution is -2.38. The van der Waals surface area contributed by atoms with E-state index in [1.54, 1.807) is 0 Å². The Balaban J connectivity index is 2.08. The summed E-state index contributed by atoms with van der Waals surface area (Å²) in [4.78, 5) is 24.2. The van der Waals surface area contributed by atoms with Gasteiger partial charge in [-0.25, -0.2) is 9.59 Å². The van der Waals surface area contributed by atoms with Crippen LogP contribution in [0.4, 0.5) is 9.59 Å². The molecule has 0 spiro atoms. The highest BCUT2D eigenvalue weighted by Crippen LogP contribution is 2.25. The van der Waals surface area contributed by atoms with Gasteiger partial charge in [0.05, 0.1) is 13.2 Å². The van der Waals surface area contributed by atoms with Crippen LogP contribution in [0.1, 0.15) is 137 Å². The predicted octanol–water partition coefficient (Wildman–Crippen LogP) is 8.99. The van der Waals surface area contributed by atoms with Crippen molar-refractivity contribution in [2.45, 2.75) is 149 Å². The monoisotopic (exact) mass is 498 g/mol. The van der Waals surface area contributed by atoms with Crippen LogP contribution in [0.15, 0.2) is 0 Å². The number of ether oxygens (including phenoxy) is 4. The predicted molar refractivity (Wildman–Crippen MR) is 141 cm³/mol. The third-order valence-corrected chi connectivity index (χ3v) is 6.68. The summed E-state index contributed by atoms with van der Waals surface area (Å²) in [6, 6.07) is 0. The Kier molecular flexibility index (Phi) is 18.7. The summed E-state index contributed by atoms with van der Waals surface area (Å²) >= 11 is 0. The zero-order valence-electron chi connectivity index (χ0n) is 23.2. The van der Waals surface area contributed by atoms with E-state index in [0.29, 0.717) is 32.0 Å². The number of hydrogen-bond donors (Lipinski definition) is 0. The lowest BCUT2D eigenvalue weighted by molar-refractivity contribution is -0.0713. The molecule has 206 valence electrons. The number of carbonyl (C=O) groups is 2. The standard InChI is InChI=1S/C29H54O6/c1-24(2)18-12-9-7-5-6-8-10-16-22-32-28(30)34-26-20-14-15-21-27(26)35-29(31)33-23-17-11-13-19-25(3)4/h24-27H,5-23H2,1-4H3. The normalized spacial score (nSPS) is 18.0. The van der Waals surface area contributed by atoms with E-state index in [2.05, 4.69) is 27.7 Å². The second-order valence-corrected chi connectivity index (χ2v) is 11.0. The van der Waals surface area contributed by atoms with Gasteiger partial charge in [0.15, 0.2) is 0 Å². The molecule has 2 unspecified atom stereocenters. The average Bonchev–Trinajstić information content (AvgIpc) is 2.80. The highest BCUT2D eigenvalue weighted by atomic mass is 16.8. The Bertz CT molecular complexity index is 533. The van der Waals surface area contributed by atoms with Crippen molar-refractivity contribution in [3.05, 3.63) is 0 Å². The SMILES string of the molecule is CC(C)CCCCCCCCCCOC(=O)OC1CCCCC1OC(=O)OCCCCCC(C)C. The van der Waals surface area contributed by atoms with Crippen LogP contribution in [0.3, 0.4) is 0 Å². The molecule has 0 saturated heterocycles. The molecule has 1 fully saturated rings. The summed E-state index contributed by atoms with van der Waals surface area (Å²) in [5.74, 6) is 1.52. The van der Waals surface area contributed by atoms with E-state index < -0.39 is 24.5 Å². The molecule has 2 atom stereocenters. The highest BCUT2D eigenvalue weighted by Gasteiger charge is 2.32. The van der Waals surface area contributed by atoms with Crippen molar-refractivity contribution in [3.63, 3.8) is 0 Å². The molecule has 0 aromatic heterocycles. The van der Waals surface area contributed by atoms with Crippen LogP contribution in [0.2, 0.25) is 0 Å². The highest BCUT2D eigenvalue weighted by molar-refractivity contribution is 5.61. The Hall–Kier alpha value is -1.46. The van der Waals surface area contributed by atoms with E-state index in [-0.39, 0.29) is 0 Å². The van der Waals surface area contributed by atoms with Gasteiger partial charge in [0, 0.05) is 0 Å². The maximum Gasteiger partial charge on any atom is 0.508 e. The van der Waals surface area contributed by atoms with Gasteiger partial charge in [0.2, 0.25) is 0 Å². The molecule has 0 amide bonds.